The molecule has 0 saturated carbocycles. The lowest BCUT2D eigenvalue weighted by atomic mass is 9.95. The number of aliphatic hydroxyl groups is 1. The van der Waals surface area contributed by atoms with E-state index in [1.54, 1.807) is 7.11 Å². The maximum absolute atomic E-state index is 9.78. The molecule has 32 heavy (non-hydrogen) atoms. The van der Waals surface area contributed by atoms with E-state index in [1.165, 1.54) is 51.0 Å². The van der Waals surface area contributed by atoms with Gasteiger partial charge in [0.1, 0.15) is 5.75 Å². The summed E-state index contributed by atoms with van der Waals surface area (Å²) in [5, 5.41) is 9.78. The van der Waals surface area contributed by atoms with Crippen LogP contribution < -0.4 is 9.64 Å². The number of ether oxygens (including phenoxy) is 1. The molecular weight excluding hydrogens is 400 g/mol. The number of aliphatic hydroxyl groups excluding tert-OH is 1. The van der Waals surface area contributed by atoms with Gasteiger partial charge in [-0.3, -0.25) is 9.80 Å². The van der Waals surface area contributed by atoms with Gasteiger partial charge in [-0.2, -0.15) is 0 Å². The van der Waals surface area contributed by atoms with Crippen molar-refractivity contribution in [1.82, 2.24) is 14.7 Å². The zero-order valence-electron chi connectivity index (χ0n) is 20.5. The topological polar surface area (TPSA) is 42.4 Å². The van der Waals surface area contributed by atoms with Crippen LogP contribution in [-0.4, -0.2) is 104 Å². The highest BCUT2D eigenvalue weighted by molar-refractivity contribution is 5.58. The molecule has 1 atom stereocenters. The van der Waals surface area contributed by atoms with Crippen molar-refractivity contribution in [2.24, 2.45) is 0 Å². The first-order valence-electron chi connectivity index (χ1n) is 12.8. The molecule has 1 aromatic carbocycles. The SMILES string of the molecule is COc1ccccc1N1CCC(N2CCN(C3CCN(C(C)C)CC3)[C@@H](CCO)C2)CC1. The Balaban J connectivity index is 1.32. The van der Waals surface area contributed by atoms with E-state index in [-0.39, 0.29) is 0 Å². The number of benzene rings is 1. The Morgan fingerprint density at radius 2 is 1.62 bits per heavy atom. The van der Waals surface area contributed by atoms with Crippen molar-refractivity contribution >= 4 is 5.69 Å². The zero-order valence-corrected chi connectivity index (χ0v) is 20.5. The predicted octanol–water partition coefficient (Wildman–Crippen LogP) is 2.91. The maximum atomic E-state index is 9.78. The minimum atomic E-state index is 0.298. The monoisotopic (exact) mass is 444 g/mol. The molecule has 6 nitrogen and oxygen atoms in total. The van der Waals surface area contributed by atoms with Gasteiger partial charge in [0.25, 0.3) is 0 Å². The summed E-state index contributed by atoms with van der Waals surface area (Å²) in [6, 6.07) is 10.9. The molecule has 0 amide bonds. The Kier molecular flexibility index (Phi) is 8.32. The number of anilines is 1. The first-order chi connectivity index (χ1) is 15.6. The number of piperazine rings is 1. The predicted molar refractivity (Wildman–Crippen MR) is 132 cm³/mol. The number of likely N-dealkylation sites (tertiary alicyclic amines) is 1. The summed E-state index contributed by atoms with van der Waals surface area (Å²) in [5.41, 5.74) is 1.23. The van der Waals surface area contributed by atoms with Crippen LogP contribution in [0.5, 0.6) is 5.75 Å². The molecule has 0 aliphatic carbocycles. The Morgan fingerprint density at radius 3 is 2.28 bits per heavy atom. The first-order valence-corrected chi connectivity index (χ1v) is 12.8. The fraction of sp³-hybridized carbons (Fsp3) is 0.769. The van der Waals surface area contributed by atoms with Crippen molar-refractivity contribution in [3.63, 3.8) is 0 Å². The van der Waals surface area contributed by atoms with E-state index >= 15 is 0 Å². The number of hydrogen-bond acceptors (Lipinski definition) is 6. The minimum absolute atomic E-state index is 0.298. The second-order valence-corrected chi connectivity index (χ2v) is 10.1. The quantitative estimate of drug-likeness (QED) is 0.698. The van der Waals surface area contributed by atoms with Gasteiger partial charge < -0.3 is 19.6 Å². The average Bonchev–Trinajstić information content (AvgIpc) is 2.84. The van der Waals surface area contributed by atoms with Crippen LogP contribution >= 0.6 is 0 Å². The fourth-order valence-electron chi connectivity index (χ4n) is 6.21. The number of piperidine rings is 2. The summed E-state index contributed by atoms with van der Waals surface area (Å²) in [4.78, 5) is 10.6. The highest BCUT2D eigenvalue weighted by Crippen LogP contribution is 2.32. The molecule has 0 spiro atoms. The average molecular weight is 445 g/mol. The summed E-state index contributed by atoms with van der Waals surface area (Å²) in [6.45, 7) is 13.0. The molecule has 0 bridgehead atoms. The second-order valence-electron chi connectivity index (χ2n) is 10.1. The molecule has 3 heterocycles. The lowest BCUT2D eigenvalue weighted by Gasteiger charge is -2.50. The summed E-state index contributed by atoms with van der Waals surface area (Å²) >= 11 is 0. The van der Waals surface area contributed by atoms with Gasteiger partial charge in [-0.05, 0) is 71.2 Å². The van der Waals surface area contributed by atoms with E-state index in [4.69, 9.17) is 4.74 Å². The normalized spacial score (nSPS) is 25.5. The van der Waals surface area contributed by atoms with E-state index in [2.05, 4.69) is 51.6 Å². The van der Waals surface area contributed by atoms with E-state index < -0.39 is 0 Å². The number of nitrogens with zero attached hydrogens (tertiary/aromatic N) is 4. The van der Waals surface area contributed by atoms with Crippen LogP contribution in [0.15, 0.2) is 24.3 Å². The van der Waals surface area contributed by atoms with E-state index in [0.717, 1.165) is 38.3 Å². The molecule has 0 unspecified atom stereocenters. The van der Waals surface area contributed by atoms with Crippen LogP contribution in [0.2, 0.25) is 0 Å². The Morgan fingerprint density at radius 1 is 0.938 bits per heavy atom. The lowest BCUT2D eigenvalue weighted by molar-refractivity contribution is -0.0139. The highest BCUT2D eigenvalue weighted by Gasteiger charge is 2.36. The molecule has 3 saturated heterocycles. The number of methoxy groups -OCH3 is 1. The summed E-state index contributed by atoms with van der Waals surface area (Å²) < 4.78 is 5.59. The van der Waals surface area contributed by atoms with Crippen molar-refractivity contribution in [1.29, 1.82) is 0 Å². The van der Waals surface area contributed by atoms with Crippen molar-refractivity contribution in [2.45, 2.75) is 70.1 Å². The Bertz CT molecular complexity index is 699. The van der Waals surface area contributed by atoms with Crippen LogP contribution in [0.3, 0.4) is 0 Å². The lowest BCUT2D eigenvalue weighted by Crippen LogP contribution is -2.61. The van der Waals surface area contributed by atoms with Crippen LogP contribution in [-0.2, 0) is 0 Å². The molecule has 3 aliphatic rings. The van der Waals surface area contributed by atoms with E-state index in [1.807, 2.05) is 6.07 Å². The van der Waals surface area contributed by atoms with E-state index in [0.29, 0.717) is 30.8 Å². The van der Waals surface area contributed by atoms with Crippen LogP contribution in [0.1, 0.15) is 46.0 Å². The number of rotatable bonds is 7. The number of hydrogen-bond donors (Lipinski definition) is 1. The number of para-hydroxylation sites is 2. The Hall–Kier alpha value is -1.34. The first kappa shape index (κ1) is 23.8. The largest absolute Gasteiger partial charge is 0.495 e. The Labute approximate surface area is 195 Å². The fourth-order valence-corrected chi connectivity index (χ4v) is 6.21. The van der Waals surface area contributed by atoms with Gasteiger partial charge >= 0.3 is 0 Å². The van der Waals surface area contributed by atoms with Crippen molar-refractivity contribution in [3.8, 4) is 5.75 Å². The van der Waals surface area contributed by atoms with Gasteiger partial charge in [-0.25, -0.2) is 0 Å². The molecule has 4 rings (SSSR count). The molecule has 6 heteroatoms. The summed E-state index contributed by atoms with van der Waals surface area (Å²) in [5.74, 6) is 0.978. The van der Waals surface area contributed by atoms with Gasteiger partial charge in [0.2, 0.25) is 0 Å². The molecule has 3 fully saturated rings. The standard InChI is InChI=1S/C26H44N4O2/c1-21(2)27-13-10-23(11-14-27)30-18-17-29(20-24(30)12-19-31)22-8-15-28(16-9-22)25-6-4-5-7-26(25)32-3/h4-7,21-24,31H,8-20H2,1-3H3/t24-/m0/s1. The minimum Gasteiger partial charge on any atom is -0.495 e. The molecule has 3 aliphatic heterocycles. The highest BCUT2D eigenvalue weighted by atomic mass is 16.5. The molecular formula is C26H44N4O2. The summed E-state index contributed by atoms with van der Waals surface area (Å²) in [7, 11) is 1.76. The van der Waals surface area contributed by atoms with E-state index in [9.17, 15) is 5.11 Å². The summed E-state index contributed by atoms with van der Waals surface area (Å²) in [6.07, 6.45) is 5.86. The van der Waals surface area contributed by atoms with Crippen LogP contribution in [0.25, 0.3) is 0 Å². The molecule has 1 N–H and O–H groups in total. The zero-order chi connectivity index (χ0) is 22.5. The molecule has 0 radical (unpaired) electrons. The molecule has 1 aromatic rings. The van der Waals surface area contributed by atoms with Crippen LogP contribution in [0.4, 0.5) is 5.69 Å². The van der Waals surface area contributed by atoms with Crippen molar-refractivity contribution < 1.29 is 9.84 Å². The molecule has 180 valence electrons. The third kappa shape index (κ3) is 5.41. The third-order valence-electron chi connectivity index (χ3n) is 8.13. The van der Waals surface area contributed by atoms with Gasteiger partial charge in [0, 0.05) is 63.5 Å². The van der Waals surface area contributed by atoms with Gasteiger partial charge in [0.15, 0.2) is 0 Å². The van der Waals surface area contributed by atoms with Crippen molar-refractivity contribution in [2.75, 3.05) is 64.4 Å². The maximum Gasteiger partial charge on any atom is 0.142 e. The third-order valence-corrected chi connectivity index (χ3v) is 8.13. The molecule has 0 aromatic heterocycles. The van der Waals surface area contributed by atoms with Crippen molar-refractivity contribution in [3.05, 3.63) is 24.3 Å². The second kappa shape index (κ2) is 11.2. The van der Waals surface area contributed by atoms with Crippen LogP contribution in [0, 0.1) is 0 Å². The van der Waals surface area contributed by atoms with Gasteiger partial charge in [-0.1, -0.05) is 12.1 Å². The smallest absolute Gasteiger partial charge is 0.142 e. The van der Waals surface area contributed by atoms with Gasteiger partial charge in [-0.15, -0.1) is 0 Å². The van der Waals surface area contributed by atoms with Gasteiger partial charge in [0.05, 0.1) is 12.8 Å².